The molecule has 1 aromatic heterocycles. The number of hydrogen-bond acceptors (Lipinski definition) is 4. The zero-order valence-corrected chi connectivity index (χ0v) is 15.3. The van der Waals surface area contributed by atoms with E-state index < -0.39 is 5.91 Å². The average molecular weight is 376 g/mol. The molecular formula is C21H20N4O3. The number of nitrogens with one attached hydrogen (secondary N) is 2. The monoisotopic (exact) mass is 376 g/mol. The molecule has 3 amide bonds. The fraction of sp³-hybridized carbons (Fsp3) is 0.0952. The van der Waals surface area contributed by atoms with Crippen LogP contribution in [0.5, 0.6) is 11.5 Å². The molecule has 4 N–H and O–H groups in total. The molecule has 0 radical (unpaired) electrons. The number of pyridine rings is 1. The molecular weight excluding hydrogens is 356 g/mol. The van der Waals surface area contributed by atoms with Gasteiger partial charge in [0.25, 0.3) is 0 Å². The number of aromatic nitrogens is 1. The molecule has 0 fully saturated rings. The van der Waals surface area contributed by atoms with Crippen molar-refractivity contribution in [1.29, 1.82) is 0 Å². The summed E-state index contributed by atoms with van der Waals surface area (Å²) < 4.78 is 5.78. The molecule has 7 nitrogen and oxygen atoms in total. The van der Waals surface area contributed by atoms with Gasteiger partial charge in [0.1, 0.15) is 11.5 Å². The molecule has 3 rings (SSSR count). The van der Waals surface area contributed by atoms with Crippen molar-refractivity contribution >= 4 is 17.6 Å². The molecule has 0 unspecified atom stereocenters. The van der Waals surface area contributed by atoms with E-state index in [2.05, 4.69) is 15.6 Å². The van der Waals surface area contributed by atoms with Crippen LogP contribution in [0, 0.1) is 6.92 Å². The van der Waals surface area contributed by atoms with Crippen molar-refractivity contribution in [2.75, 3.05) is 5.32 Å². The Kier molecular flexibility index (Phi) is 5.86. The maximum absolute atomic E-state index is 12.1. The Hall–Kier alpha value is -3.87. The minimum Gasteiger partial charge on any atom is -0.455 e. The van der Waals surface area contributed by atoms with Crippen LogP contribution in [-0.2, 0) is 6.54 Å². The summed E-state index contributed by atoms with van der Waals surface area (Å²) in [4.78, 5) is 27.4. The maximum atomic E-state index is 12.1. The van der Waals surface area contributed by atoms with Gasteiger partial charge in [-0.15, -0.1) is 0 Å². The highest BCUT2D eigenvalue weighted by Gasteiger charge is 2.07. The number of amides is 3. The van der Waals surface area contributed by atoms with Crippen molar-refractivity contribution in [2.45, 2.75) is 13.5 Å². The van der Waals surface area contributed by atoms with Crippen LogP contribution in [0.4, 0.5) is 10.5 Å². The van der Waals surface area contributed by atoms with E-state index in [1.807, 2.05) is 19.1 Å². The van der Waals surface area contributed by atoms with Crippen LogP contribution >= 0.6 is 0 Å². The lowest BCUT2D eigenvalue weighted by atomic mass is 10.1. The summed E-state index contributed by atoms with van der Waals surface area (Å²) in [5.41, 5.74) is 7.96. The number of nitrogens with zero attached hydrogens (tertiary/aromatic N) is 1. The second-order valence-electron chi connectivity index (χ2n) is 6.14. The number of primary amides is 1. The number of urea groups is 1. The lowest BCUT2D eigenvalue weighted by Gasteiger charge is -2.12. The van der Waals surface area contributed by atoms with Crippen LogP contribution in [0.1, 0.15) is 21.5 Å². The number of anilines is 1. The van der Waals surface area contributed by atoms with Crippen molar-refractivity contribution in [3.05, 3.63) is 83.7 Å². The number of nitrogens with two attached hydrogens (primary N) is 1. The van der Waals surface area contributed by atoms with Gasteiger partial charge in [0, 0.05) is 24.0 Å². The molecule has 3 aromatic rings. The highest BCUT2D eigenvalue weighted by Crippen LogP contribution is 2.26. The van der Waals surface area contributed by atoms with Crippen LogP contribution in [0.25, 0.3) is 0 Å². The highest BCUT2D eigenvalue weighted by molar-refractivity contribution is 5.93. The van der Waals surface area contributed by atoms with E-state index >= 15 is 0 Å². The topological polar surface area (TPSA) is 106 Å². The van der Waals surface area contributed by atoms with Crippen LogP contribution in [0.3, 0.4) is 0 Å². The highest BCUT2D eigenvalue weighted by atomic mass is 16.5. The van der Waals surface area contributed by atoms with Crippen molar-refractivity contribution < 1.29 is 14.3 Å². The van der Waals surface area contributed by atoms with Gasteiger partial charge in [-0.05, 0) is 60.5 Å². The summed E-state index contributed by atoms with van der Waals surface area (Å²) in [7, 11) is 0. The summed E-state index contributed by atoms with van der Waals surface area (Å²) in [5.74, 6) is 0.819. The second-order valence-corrected chi connectivity index (χ2v) is 6.14. The summed E-state index contributed by atoms with van der Waals surface area (Å²) >= 11 is 0. The largest absolute Gasteiger partial charge is 0.455 e. The van der Waals surface area contributed by atoms with Gasteiger partial charge in [-0.25, -0.2) is 4.79 Å². The first-order chi connectivity index (χ1) is 13.5. The molecule has 0 aliphatic carbocycles. The first-order valence-electron chi connectivity index (χ1n) is 8.63. The van der Waals surface area contributed by atoms with Crippen LogP contribution in [-0.4, -0.2) is 16.9 Å². The molecule has 0 bridgehead atoms. The minimum atomic E-state index is -0.504. The Morgan fingerprint density at radius 2 is 1.96 bits per heavy atom. The number of ether oxygens (including phenoxy) is 1. The van der Waals surface area contributed by atoms with Gasteiger partial charge < -0.3 is 21.1 Å². The van der Waals surface area contributed by atoms with Crippen LogP contribution in [0.15, 0.2) is 67.0 Å². The molecule has 0 aliphatic rings. The van der Waals surface area contributed by atoms with E-state index in [4.69, 9.17) is 10.5 Å². The molecule has 28 heavy (non-hydrogen) atoms. The van der Waals surface area contributed by atoms with Gasteiger partial charge in [0.2, 0.25) is 5.91 Å². The summed E-state index contributed by atoms with van der Waals surface area (Å²) in [6.45, 7) is 2.16. The van der Waals surface area contributed by atoms with Crippen LogP contribution in [0.2, 0.25) is 0 Å². The Labute approximate surface area is 162 Å². The first kappa shape index (κ1) is 18.9. The minimum absolute atomic E-state index is 0.272. The molecule has 0 atom stereocenters. The van der Waals surface area contributed by atoms with Crippen molar-refractivity contribution in [2.24, 2.45) is 5.73 Å². The standard InChI is InChI=1S/C21H20N4O3/c1-14-10-17(7-8-19(14)28-18-6-3-9-23-13-18)25-21(27)24-12-15-4-2-5-16(11-15)20(22)26/h2-11,13H,12H2,1H3,(H2,22,26)(H2,24,25,27). The number of carbonyl (C=O) groups is 2. The van der Waals surface area contributed by atoms with E-state index in [-0.39, 0.29) is 12.6 Å². The quantitative estimate of drug-likeness (QED) is 0.611. The Balaban J connectivity index is 1.57. The number of carbonyl (C=O) groups excluding carboxylic acids is 2. The fourth-order valence-corrected chi connectivity index (χ4v) is 2.57. The van der Waals surface area contributed by atoms with E-state index in [1.54, 1.807) is 54.9 Å². The van der Waals surface area contributed by atoms with Gasteiger partial charge in [-0.3, -0.25) is 9.78 Å². The lowest BCUT2D eigenvalue weighted by Crippen LogP contribution is -2.28. The summed E-state index contributed by atoms with van der Waals surface area (Å²) in [6.07, 6.45) is 3.31. The molecule has 1 heterocycles. The van der Waals surface area contributed by atoms with Crippen LogP contribution < -0.4 is 21.1 Å². The van der Waals surface area contributed by atoms with Crippen molar-refractivity contribution in [3.63, 3.8) is 0 Å². The maximum Gasteiger partial charge on any atom is 0.319 e. The molecule has 0 aliphatic heterocycles. The molecule has 0 spiro atoms. The third-order valence-corrected chi connectivity index (χ3v) is 3.96. The smallest absolute Gasteiger partial charge is 0.319 e. The predicted octanol–water partition coefficient (Wildman–Crippen LogP) is 3.60. The van der Waals surface area contributed by atoms with E-state index in [0.29, 0.717) is 22.7 Å². The molecule has 142 valence electrons. The van der Waals surface area contributed by atoms with Crippen molar-refractivity contribution in [3.8, 4) is 11.5 Å². The first-order valence-corrected chi connectivity index (χ1v) is 8.63. The number of aryl methyl sites for hydroxylation is 1. The number of rotatable bonds is 6. The number of hydrogen-bond donors (Lipinski definition) is 3. The Morgan fingerprint density at radius 3 is 2.68 bits per heavy atom. The number of benzene rings is 2. The fourth-order valence-electron chi connectivity index (χ4n) is 2.57. The van der Waals surface area contributed by atoms with E-state index in [0.717, 1.165) is 11.1 Å². The lowest BCUT2D eigenvalue weighted by molar-refractivity contribution is 0.1000. The molecule has 0 saturated carbocycles. The Bertz CT molecular complexity index is 990. The van der Waals surface area contributed by atoms with Gasteiger partial charge in [-0.2, -0.15) is 0 Å². The second kappa shape index (κ2) is 8.68. The third kappa shape index (κ3) is 5.07. The summed E-state index contributed by atoms with van der Waals surface area (Å²) in [6, 6.07) is 15.4. The SMILES string of the molecule is Cc1cc(NC(=O)NCc2cccc(C(N)=O)c2)ccc1Oc1cccnc1. The Morgan fingerprint density at radius 1 is 1.11 bits per heavy atom. The van der Waals surface area contributed by atoms with E-state index in [9.17, 15) is 9.59 Å². The molecule has 0 saturated heterocycles. The van der Waals surface area contributed by atoms with Gasteiger partial charge in [-0.1, -0.05) is 12.1 Å². The van der Waals surface area contributed by atoms with Gasteiger partial charge >= 0.3 is 6.03 Å². The third-order valence-electron chi connectivity index (χ3n) is 3.96. The normalized spacial score (nSPS) is 10.2. The van der Waals surface area contributed by atoms with Gasteiger partial charge in [0.05, 0.1) is 6.20 Å². The predicted molar refractivity (Wildman–Crippen MR) is 106 cm³/mol. The van der Waals surface area contributed by atoms with Crippen molar-refractivity contribution in [1.82, 2.24) is 10.3 Å². The molecule has 7 heteroatoms. The zero-order chi connectivity index (χ0) is 19.9. The van der Waals surface area contributed by atoms with E-state index in [1.165, 1.54) is 0 Å². The van der Waals surface area contributed by atoms with Gasteiger partial charge in [0.15, 0.2) is 0 Å². The zero-order valence-electron chi connectivity index (χ0n) is 15.3. The summed E-state index contributed by atoms with van der Waals surface area (Å²) in [5, 5.41) is 5.52. The average Bonchev–Trinajstić information content (AvgIpc) is 2.69. The molecule has 2 aromatic carbocycles.